The molecule has 1 amide bonds. The van der Waals surface area contributed by atoms with E-state index in [1.807, 2.05) is 32.0 Å². The number of benzene rings is 1. The summed E-state index contributed by atoms with van der Waals surface area (Å²) in [5.41, 5.74) is 9.89. The van der Waals surface area contributed by atoms with E-state index in [1.165, 1.54) is 7.11 Å². The summed E-state index contributed by atoms with van der Waals surface area (Å²) < 4.78 is 0. The Hall–Kier alpha value is -2.74. The molecule has 1 aliphatic rings. The highest BCUT2D eigenvalue weighted by Gasteiger charge is 2.26. The van der Waals surface area contributed by atoms with Crippen LogP contribution in [-0.4, -0.2) is 40.9 Å². The minimum Gasteiger partial charge on any atom is -0.388 e. The summed E-state index contributed by atoms with van der Waals surface area (Å²) in [6.07, 6.45) is 4.20. The molecular formula is C19H26N6O2. The predicted octanol–water partition coefficient (Wildman–Crippen LogP) is 2.33. The van der Waals surface area contributed by atoms with Crippen molar-refractivity contribution in [1.29, 1.82) is 0 Å². The summed E-state index contributed by atoms with van der Waals surface area (Å²) >= 11 is 0. The van der Waals surface area contributed by atoms with Crippen molar-refractivity contribution in [2.75, 3.05) is 12.4 Å². The van der Waals surface area contributed by atoms with Gasteiger partial charge in [-0.3, -0.25) is 14.6 Å². The number of rotatable bonds is 5. The minimum absolute atomic E-state index is 0.0570. The largest absolute Gasteiger partial charge is 0.388 e. The van der Waals surface area contributed by atoms with Crippen molar-refractivity contribution in [3.05, 3.63) is 29.6 Å². The van der Waals surface area contributed by atoms with E-state index in [4.69, 9.17) is 10.6 Å². The first-order valence-electron chi connectivity index (χ1n) is 9.16. The summed E-state index contributed by atoms with van der Waals surface area (Å²) in [4.78, 5) is 30.3. The van der Waals surface area contributed by atoms with E-state index in [-0.39, 0.29) is 17.9 Å². The van der Waals surface area contributed by atoms with Crippen molar-refractivity contribution >= 4 is 28.5 Å². The van der Waals surface area contributed by atoms with E-state index in [0.717, 1.165) is 36.6 Å². The smallest absolute Gasteiger partial charge is 0.312 e. The van der Waals surface area contributed by atoms with Gasteiger partial charge in [-0.15, -0.1) is 0 Å². The second kappa shape index (κ2) is 8.30. The van der Waals surface area contributed by atoms with Crippen LogP contribution in [0.25, 0.3) is 10.9 Å². The summed E-state index contributed by atoms with van der Waals surface area (Å²) in [6.45, 7) is 3.82. The third-order valence-corrected chi connectivity index (χ3v) is 4.67. The highest BCUT2D eigenvalue weighted by molar-refractivity contribution is 5.96. The molecule has 2 atom stereocenters. The lowest BCUT2D eigenvalue weighted by Crippen LogP contribution is -2.37. The number of aromatic nitrogens is 2. The number of nitrogens with two attached hydrogens (primary N) is 1. The van der Waals surface area contributed by atoms with Crippen molar-refractivity contribution in [3.63, 3.8) is 0 Å². The number of aryl methyl sites for hydroxylation is 1. The molecule has 3 rings (SSSR count). The molecule has 0 saturated heterocycles. The second-order valence-corrected chi connectivity index (χ2v) is 6.92. The quantitative estimate of drug-likeness (QED) is 0.423. The van der Waals surface area contributed by atoms with Crippen molar-refractivity contribution in [2.24, 2.45) is 10.7 Å². The molecule has 8 heteroatoms. The number of nitrogens with zero attached hydrogens (tertiary/aromatic N) is 3. The molecule has 8 nitrogen and oxygen atoms in total. The first-order chi connectivity index (χ1) is 13.0. The van der Waals surface area contributed by atoms with Gasteiger partial charge in [0.25, 0.3) is 0 Å². The first-order valence-corrected chi connectivity index (χ1v) is 9.16. The first kappa shape index (κ1) is 19.0. The van der Waals surface area contributed by atoms with Crippen LogP contribution < -0.4 is 16.5 Å². The Morgan fingerprint density at radius 3 is 2.81 bits per heavy atom. The van der Waals surface area contributed by atoms with Gasteiger partial charge >= 0.3 is 5.91 Å². The van der Waals surface area contributed by atoms with Crippen LogP contribution in [-0.2, 0) is 4.84 Å². The summed E-state index contributed by atoms with van der Waals surface area (Å²) in [5, 5.41) is 4.39. The fourth-order valence-corrected chi connectivity index (χ4v) is 3.46. The summed E-state index contributed by atoms with van der Waals surface area (Å²) in [5.74, 6) is 0.782. The Morgan fingerprint density at radius 2 is 2.07 bits per heavy atom. The molecule has 27 heavy (non-hydrogen) atoms. The topological polar surface area (TPSA) is 115 Å². The third kappa shape index (κ3) is 4.51. The maximum absolute atomic E-state index is 12.2. The number of fused-ring (bicyclic) bond motifs is 1. The lowest BCUT2D eigenvalue weighted by molar-refractivity contribution is 0.0527. The van der Waals surface area contributed by atoms with E-state index >= 15 is 0 Å². The number of hydroxylamine groups is 1. The monoisotopic (exact) mass is 370 g/mol. The van der Waals surface area contributed by atoms with Crippen LogP contribution in [0.3, 0.4) is 0 Å². The number of nitrogens with one attached hydrogen (secondary N) is 2. The predicted molar refractivity (Wildman–Crippen MR) is 106 cm³/mol. The summed E-state index contributed by atoms with van der Waals surface area (Å²) in [6, 6.07) is 6.07. The van der Waals surface area contributed by atoms with Crippen LogP contribution in [0.5, 0.6) is 0 Å². The summed E-state index contributed by atoms with van der Waals surface area (Å²) in [7, 11) is 1.38. The molecule has 0 radical (unpaired) electrons. The van der Waals surface area contributed by atoms with Gasteiger partial charge < -0.3 is 11.1 Å². The number of hydrogen-bond acceptors (Lipinski definition) is 6. The molecule has 0 unspecified atom stereocenters. The number of carbonyl (C=O) groups is 1. The van der Waals surface area contributed by atoms with E-state index in [1.54, 1.807) is 0 Å². The van der Waals surface area contributed by atoms with Crippen LogP contribution in [0.1, 0.15) is 48.8 Å². The number of aliphatic imine (C=N–C) groups is 1. The number of anilines is 1. The van der Waals surface area contributed by atoms with Gasteiger partial charge in [0.1, 0.15) is 5.82 Å². The zero-order valence-corrected chi connectivity index (χ0v) is 16.0. The number of amides is 1. The molecule has 0 spiro atoms. The van der Waals surface area contributed by atoms with E-state index in [2.05, 4.69) is 25.8 Å². The average molecular weight is 370 g/mol. The van der Waals surface area contributed by atoms with Crippen LogP contribution in [0.2, 0.25) is 0 Å². The van der Waals surface area contributed by atoms with Crippen molar-refractivity contribution < 1.29 is 9.63 Å². The molecule has 4 N–H and O–H groups in total. The molecule has 1 aliphatic carbocycles. The van der Waals surface area contributed by atoms with Gasteiger partial charge in [-0.25, -0.2) is 15.4 Å². The Bertz CT molecular complexity index is 863. The molecule has 144 valence electrons. The molecule has 2 aromatic rings. The van der Waals surface area contributed by atoms with Crippen molar-refractivity contribution in [3.8, 4) is 0 Å². The average Bonchev–Trinajstić information content (AvgIpc) is 2.63. The highest BCUT2D eigenvalue weighted by atomic mass is 16.6. The number of carbonyl (C=O) groups excluding carboxylic acids is 1. The molecular weight excluding hydrogens is 344 g/mol. The van der Waals surface area contributed by atoms with E-state index in [0.29, 0.717) is 17.2 Å². The molecule has 1 fully saturated rings. The minimum atomic E-state index is -0.487. The van der Waals surface area contributed by atoms with Gasteiger partial charge in [-0.2, -0.15) is 0 Å². The molecule has 1 aromatic carbocycles. The number of amidine groups is 1. The Balaban J connectivity index is 2.01. The van der Waals surface area contributed by atoms with E-state index in [9.17, 15) is 4.79 Å². The zero-order valence-electron chi connectivity index (χ0n) is 16.0. The molecule has 0 bridgehead atoms. The van der Waals surface area contributed by atoms with Gasteiger partial charge in [0.15, 0.2) is 0 Å². The molecule has 1 saturated carbocycles. The Kier molecular flexibility index (Phi) is 5.85. The fourth-order valence-electron chi connectivity index (χ4n) is 3.46. The van der Waals surface area contributed by atoms with Gasteiger partial charge in [0.2, 0.25) is 5.82 Å². The molecule has 0 aliphatic heterocycles. The van der Waals surface area contributed by atoms with Crippen LogP contribution in [0.4, 0.5) is 5.82 Å². The SMILES string of the molecule is CONC(=O)c1nc(N[C@H]2CCCC[C@H]2N=C(C)N)c2cc(C)ccc2n1. The van der Waals surface area contributed by atoms with Crippen molar-refractivity contribution in [1.82, 2.24) is 15.4 Å². The lowest BCUT2D eigenvalue weighted by atomic mass is 9.90. The Morgan fingerprint density at radius 1 is 1.30 bits per heavy atom. The third-order valence-electron chi connectivity index (χ3n) is 4.67. The standard InChI is InChI=1S/C19H26N6O2/c1-11-8-9-14-13(10-11)17(24-18(22-14)19(26)25-27-3)23-16-7-5-4-6-15(16)21-12(2)20/h8-10,15-16H,4-7H2,1-3H3,(H2,20,21)(H,25,26)(H,22,23,24)/t15-,16+/m1/s1. The van der Waals surface area contributed by atoms with Gasteiger partial charge in [-0.1, -0.05) is 24.5 Å². The zero-order chi connectivity index (χ0) is 19.4. The maximum Gasteiger partial charge on any atom is 0.312 e. The maximum atomic E-state index is 12.2. The second-order valence-electron chi connectivity index (χ2n) is 6.92. The fraction of sp³-hybridized carbons (Fsp3) is 0.474. The van der Waals surface area contributed by atoms with Gasteiger partial charge in [-0.05, 0) is 38.8 Å². The molecule has 1 aromatic heterocycles. The lowest BCUT2D eigenvalue weighted by Gasteiger charge is -2.30. The number of hydrogen-bond donors (Lipinski definition) is 3. The van der Waals surface area contributed by atoms with E-state index < -0.39 is 5.91 Å². The molecule has 1 heterocycles. The van der Waals surface area contributed by atoms with Gasteiger partial charge in [0, 0.05) is 11.4 Å². The van der Waals surface area contributed by atoms with Crippen molar-refractivity contribution in [2.45, 2.75) is 51.6 Å². The Labute approximate surface area is 158 Å². The van der Waals surface area contributed by atoms with Crippen LogP contribution in [0, 0.1) is 6.92 Å². The van der Waals surface area contributed by atoms with Gasteiger partial charge in [0.05, 0.1) is 24.5 Å². The van der Waals surface area contributed by atoms with Crippen LogP contribution >= 0.6 is 0 Å². The van der Waals surface area contributed by atoms with Crippen LogP contribution in [0.15, 0.2) is 23.2 Å². The normalized spacial score (nSPS) is 20.5. The highest BCUT2D eigenvalue weighted by Crippen LogP contribution is 2.28.